The van der Waals surface area contributed by atoms with Gasteiger partial charge in [0, 0.05) is 17.6 Å². The van der Waals surface area contributed by atoms with Gasteiger partial charge in [-0.1, -0.05) is 53.9 Å². The fraction of sp³-hybridized carbons (Fsp3) is 0.391. The molecule has 6 nitrogen and oxygen atoms in total. The summed E-state index contributed by atoms with van der Waals surface area (Å²) in [7, 11) is 0. The third-order valence-electron chi connectivity index (χ3n) is 5.16. The van der Waals surface area contributed by atoms with E-state index in [9.17, 15) is 9.59 Å². The first-order valence-electron chi connectivity index (χ1n) is 10.2. The molecule has 9 heteroatoms. The third-order valence-corrected chi connectivity index (χ3v) is 6.13. The van der Waals surface area contributed by atoms with E-state index in [1.165, 1.54) is 0 Å². The SMILES string of the molecule is CC1CC(CNC(=O)COc2ccc(Cl)c(Cl)c2)(NC(=O)COCc2cccc(Cl)c2)C1. The van der Waals surface area contributed by atoms with Crippen molar-refractivity contribution in [1.29, 1.82) is 0 Å². The van der Waals surface area contributed by atoms with Crippen LogP contribution in [0.4, 0.5) is 0 Å². The number of nitrogens with one attached hydrogen (secondary N) is 2. The Morgan fingerprint density at radius 2 is 1.81 bits per heavy atom. The van der Waals surface area contributed by atoms with E-state index < -0.39 is 5.54 Å². The van der Waals surface area contributed by atoms with Crippen LogP contribution in [0.1, 0.15) is 25.3 Å². The quantitative estimate of drug-likeness (QED) is 0.499. The lowest BCUT2D eigenvalue weighted by Crippen LogP contribution is -2.63. The monoisotopic (exact) mass is 498 g/mol. The van der Waals surface area contributed by atoms with Gasteiger partial charge in [0.2, 0.25) is 5.91 Å². The molecule has 1 saturated carbocycles. The minimum absolute atomic E-state index is 0.0724. The van der Waals surface area contributed by atoms with Gasteiger partial charge in [-0.05, 0) is 48.6 Å². The second kappa shape index (κ2) is 11.2. The standard InChI is InChI=1S/C23H25Cl3N2O4/c1-15-9-23(10-15,28-22(30)12-31-11-16-3-2-4-17(24)7-16)14-27-21(29)13-32-18-5-6-19(25)20(26)8-18/h2-8,15H,9-14H2,1H3,(H,27,29)(H,28,30). The molecular weight excluding hydrogens is 475 g/mol. The van der Waals surface area contributed by atoms with Crippen LogP contribution in [0.15, 0.2) is 42.5 Å². The Labute approximate surface area is 202 Å². The number of rotatable bonds is 10. The Bertz CT molecular complexity index is 964. The van der Waals surface area contributed by atoms with E-state index in [4.69, 9.17) is 44.3 Å². The van der Waals surface area contributed by atoms with Crippen molar-refractivity contribution < 1.29 is 19.1 Å². The van der Waals surface area contributed by atoms with Gasteiger partial charge in [-0.25, -0.2) is 0 Å². The Morgan fingerprint density at radius 3 is 2.50 bits per heavy atom. The van der Waals surface area contributed by atoms with Crippen LogP contribution >= 0.6 is 34.8 Å². The summed E-state index contributed by atoms with van der Waals surface area (Å²) >= 11 is 17.8. The first kappa shape index (κ1) is 24.6. The van der Waals surface area contributed by atoms with E-state index in [1.807, 2.05) is 12.1 Å². The lowest BCUT2D eigenvalue weighted by Gasteiger charge is -2.47. The van der Waals surface area contributed by atoms with Crippen LogP contribution in [0, 0.1) is 5.92 Å². The smallest absolute Gasteiger partial charge is 0.258 e. The van der Waals surface area contributed by atoms with E-state index in [0.717, 1.165) is 18.4 Å². The molecule has 1 fully saturated rings. The zero-order valence-corrected chi connectivity index (χ0v) is 19.9. The second-order valence-corrected chi connectivity index (χ2v) is 9.36. The van der Waals surface area contributed by atoms with Crippen molar-refractivity contribution >= 4 is 46.6 Å². The number of hydrogen-bond donors (Lipinski definition) is 2. The number of ether oxygens (including phenoxy) is 2. The molecule has 0 atom stereocenters. The van der Waals surface area contributed by atoms with Gasteiger partial charge in [0.1, 0.15) is 12.4 Å². The van der Waals surface area contributed by atoms with Gasteiger partial charge in [-0.3, -0.25) is 9.59 Å². The van der Waals surface area contributed by atoms with Crippen molar-refractivity contribution in [3.63, 3.8) is 0 Å². The molecule has 0 unspecified atom stereocenters. The predicted octanol–water partition coefficient (Wildman–Crippen LogP) is 4.64. The van der Waals surface area contributed by atoms with Crippen LogP contribution in [0.3, 0.4) is 0 Å². The van der Waals surface area contributed by atoms with Gasteiger partial charge >= 0.3 is 0 Å². The number of benzene rings is 2. The van der Waals surface area contributed by atoms with Crippen molar-refractivity contribution in [1.82, 2.24) is 10.6 Å². The lowest BCUT2D eigenvalue weighted by molar-refractivity contribution is -0.131. The van der Waals surface area contributed by atoms with E-state index in [1.54, 1.807) is 30.3 Å². The van der Waals surface area contributed by atoms with Crippen LogP contribution in [0.25, 0.3) is 0 Å². The van der Waals surface area contributed by atoms with Crippen LogP contribution < -0.4 is 15.4 Å². The topological polar surface area (TPSA) is 76.7 Å². The number of carbonyl (C=O) groups excluding carboxylic acids is 2. The Kier molecular flexibility index (Phi) is 8.65. The molecule has 0 saturated heterocycles. The molecule has 2 aromatic carbocycles. The zero-order chi connectivity index (χ0) is 23.1. The van der Waals surface area contributed by atoms with Crippen LogP contribution in [-0.2, 0) is 20.9 Å². The van der Waals surface area contributed by atoms with Crippen molar-refractivity contribution in [3.8, 4) is 5.75 Å². The Balaban J connectivity index is 1.42. The second-order valence-electron chi connectivity index (χ2n) is 8.11. The maximum absolute atomic E-state index is 12.4. The molecule has 0 aromatic heterocycles. The molecular formula is C23H25Cl3N2O4. The molecule has 3 rings (SSSR count). The fourth-order valence-electron chi connectivity index (χ4n) is 3.82. The van der Waals surface area contributed by atoms with Gasteiger partial charge in [-0.2, -0.15) is 0 Å². The van der Waals surface area contributed by atoms with E-state index in [2.05, 4.69) is 17.6 Å². The number of carbonyl (C=O) groups is 2. The highest BCUT2D eigenvalue weighted by molar-refractivity contribution is 6.42. The molecule has 0 aliphatic heterocycles. The number of halogens is 3. The third kappa shape index (κ3) is 7.27. The average Bonchev–Trinajstić information content (AvgIpc) is 2.72. The molecule has 2 aromatic rings. The summed E-state index contributed by atoms with van der Waals surface area (Å²) in [6.45, 7) is 2.48. The van der Waals surface area contributed by atoms with E-state index in [0.29, 0.717) is 39.9 Å². The van der Waals surface area contributed by atoms with Gasteiger partial charge in [0.05, 0.1) is 22.2 Å². The normalized spacial score (nSPS) is 19.7. The van der Waals surface area contributed by atoms with Gasteiger partial charge in [0.25, 0.3) is 5.91 Å². The molecule has 0 radical (unpaired) electrons. The molecule has 172 valence electrons. The molecule has 2 amide bonds. The van der Waals surface area contributed by atoms with Crippen molar-refractivity contribution in [2.24, 2.45) is 5.92 Å². The van der Waals surface area contributed by atoms with Crippen LogP contribution in [0.2, 0.25) is 15.1 Å². The van der Waals surface area contributed by atoms with E-state index in [-0.39, 0.29) is 25.0 Å². The Hall–Kier alpha value is -1.99. The first-order valence-corrected chi connectivity index (χ1v) is 11.4. The van der Waals surface area contributed by atoms with Crippen LogP contribution in [-0.4, -0.2) is 37.1 Å². The van der Waals surface area contributed by atoms with Crippen molar-refractivity contribution in [2.75, 3.05) is 19.8 Å². The summed E-state index contributed by atoms with van der Waals surface area (Å²) in [5.74, 6) is 0.403. The largest absolute Gasteiger partial charge is 0.484 e. The summed E-state index contributed by atoms with van der Waals surface area (Å²) < 4.78 is 11.0. The minimum Gasteiger partial charge on any atom is -0.484 e. The highest BCUT2D eigenvalue weighted by atomic mass is 35.5. The maximum atomic E-state index is 12.4. The molecule has 0 bridgehead atoms. The molecule has 0 spiro atoms. The van der Waals surface area contributed by atoms with Gasteiger partial charge in [-0.15, -0.1) is 0 Å². The Morgan fingerprint density at radius 1 is 1.03 bits per heavy atom. The van der Waals surface area contributed by atoms with Crippen molar-refractivity contribution in [3.05, 3.63) is 63.1 Å². The molecule has 1 aliphatic carbocycles. The highest BCUT2D eigenvalue weighted by Gasteiger charge is 2.43. The summed E-state index contributed by atoms with van der Waals surface area (Å²) in [6.07, 6.45) is 1.56. The molecule has 1 aliphatic rings. The average molecular weight is 500 g/mol. The van der Waals surface area contributed by atoms with Crippen LogP contribution in [0.5, 0.6) is 5.75 Å². The summed E-state index contributed by atoms with van der Waals surface area (Å²) in [4.78, 5) is 24.6. The maximum Gasteiger partial charge on any atom is 0.258 e. The fourth-order valence-corrected chi connectivity index (χ4v) is 4.32. The predicted molar refractivity (Wildman–Crippen MR) is 125 cm³/mol. The number of hydrogen-bond acceptors (Lipinski definition) is 4. The molecule has 32 heavy (non-hydrogen) atoms. The highest BCUT2D eigenvalue weighted by Crippen LogP contribution is 2.37. The number of amides is 2. The summed E-state index contributed by atoms with van der Waals surface area (Å²) in [6, 6.07) is 12.1. The summed E-state index contributed by atoms with van der Waals surface area (Å²) in [5.41, 5.74) is 0.418. The van der Waals surface area contributed by atoms with Gasteiger partial charge < -0.3 is 20.1 Å². The summed E-state index contributed by atoms with van der Waals surface area (Å²) in [5, 5.41) is 7.26. The van der Waals surface area contributed by atoms with E-state index >= 15 is 0 Å². The van der Waals surface area contributed by atoms with Gasteiger partial charge in [0.15, 0.2) is 6.61 Å². The lowest BCUT2D eigenvalue weighted by atomic mass is 9.69. The molecule has 0 heterocycles. The van der Waals surface area contributed by atoms with Crippen molar-refractivity contribution in [2.45, 2.75) is 31.9 Å². The molecule has 2 N–H and O–H groups in total. The minimum atomic E-state index is -0.477. The zero-order valence-electron chi connectivity index (χ0n) is 17.6. The first-order chi connectivity index (χ1) is 15.2.